The number of rotatable bonds is 12. The summed E-state index contributed by atoms with van der Waals surface area (Å²) < 4.78 is 37.5. The molecule has 0 bridgehead atoms. The molecular weight excluding hydrogens is 506 g/mol. The van der Waals surface area contributed by atoms with Gasteiger partial charge in [0, 0.05) is 18.7 Å². The Labute approximate surface area is 226 Å². The van der Waals surface area contributed by atoms with E-state index < -0.39 is 28.5 Å². The van der Waals surface area contributed by atoms with Crippen molar-refractivity contribution in [1.29, 1.82) is 0 Å². The average Bonchev–Trinajstić information content (AvgIpc) is 3.39. The van der Waals surface area contributed by atoms with Crippen molar-refractivity contribution in [2.75, 3.05) is 31.3 Å². The van der Waals surface area contributed by atoms with E-state index in [0.717, 1.165) is 47.4 Å². The van der Waals surface area contributed by atoms with Crippen molar-refractivity contribution in [2.24, 2.45) is 0 Å². The fourth-order valence-electron chi connectivity index (χ4n) is 4.88. The fourth-order valence-corrected chi connectivity index (χ4v) is 5.73. The van der Waals surface area contributed by atoms with E-state index in [9.17, 15) is 18.0 Å². The molecule has 1 N–H and O–H groups in total. The van der Waals surface area contributed by atoms with Crippen LogP contribution in [0.15, 0.2) is 42.5 Å². The second kappa shape index (κ2) is 13.0. The van der Waals surface area contributed by atoms with E-state index in [1.165, 1.54) is 19.1 Å². The lowest BCUT2D eigenvalue weighted by Crippen LogP contribution is -2.53. The summed E-state index contributed by atoms with van der Waals surface area (Å²) in [6.07, 6.45) is 5.42. The number of benzene rings is 2. The molecule has 0 spiro atoms. The highest BCUT2D eigenvalue weighted by Crippen LogP contribution is 2.34. The number of ether oxygens (including phenoxy) is 2. The molecule has 2 amide bonds. The van der Waals surface area contributed by atoms with Gasteiger partial charge in [-0.3, -0.25) is 13.9 Å². The van der Waals surface area contributed by atoms with Gasteiger partial charge >= 0.3 is 0 Å². The number of nitrogens with zero attached hydrogens (tertiary/aromatic N) is 2. The minimum absolute atomic E-state index is 0.101. The van der Waals surface area contributed by atoms with Crippen LogP contribution in [0.1, 0.15) is 50.2 Å². The average molecular weight is 546 g/mol. The van der Waals surface area contributed by atoms with E-state index in [4.69, 9.17) is 9.47 Å². The number of hydrogen-bond donors (Lipinski definition) is 1. The maximum absolute atomic E-state index is 13.9. The molecule has 1 saturated carbocycles. The third-order valence-electron chi connectivity index (χ3n) is 6.86. The van der Waals surface area contributed by atoms with Crippen LogP contribution in [0.25, 0.3) is 0 Å². The van der Waals surface area contributed by atoms with Crippen molar-refractivity contribution in [3.8, 4) is 11.5 Å². The Hall–Kier alpha value is -3.27. The standard InChI is InChI=1S/C28H39N3O6S/c1-6-24(28(33)29-22-12-7-8-13-22)30(18-21-11-9-10-20(2)16-21)27(32)19-31(38(5,34)35)25-15-14-23(36-3)17-26(25)37-4/h9-11,14-17,22,24H,6-8,12-13,18-19H2,1-5H3,(H,29,33)/t24-/m0/s1. The van der Waals surface area contributed by atoms with Gasteiger partial charge in [0.05, 0.1) is 26.2 Å². The molecule has 9 nitrogen and oxygen atoms in total. The summed E-state index contributed by atoms with van der Waals surface area (Å²) in [5.74, 6) is 0.0384. The first-order chi connectivity index (χ1) is 18.1. The Bertz CT molecular complexity index is 1230. The van der Waals surface area contributed by atoms with Gasteiger partial charge in [0.15, 0.2) is 0 Å². The summed E-state index contributed by atoms with van der Waals surface area (Å²) >= 11 is 0. The van der Waals surface area contributed by atoms with Gasteiger partial charge in [-0.25, -0.2) is 8.42 Å². The Kier molecular flexibility index (Phi) is 10.0. The molecule has 0 heterocycles. The minimum Gasteiger partial charge on any atom is -0.497 e. The first-order valence-corrected chi connectivity index (χ1v) is 14.8. The molecule has 38 heavy (non-hydrogen) atoms. The maximum atomic E-state index is 13.9. The summed E-state index contributed by atoms with van der Waals surface area (Å²) in [6, 6.07) is 11.8. The van der Waals surface area contributed by atoms with Gasteiger partial charge in [0.1, 0.15) is 24.1 Å². The van der Waals surface area contributed by atoms with Crippen LogP contribution in [0.2, 0.25) is 0 Å². The first kappa shape index (κ1) is 29.3. The van der Waals surface area contributed by atoms with Crippen molar-refractivity contribution < 1.29 is 27.5 Å². The largest absolute Gasteiger partial charge is 0.497 e. The number of carbonyl (C=O) groups excluding carboxylic acids is 2. The molecule has 0 unspecified atom stereocenters. The molecule has 10 heteroatoms. The SMILES string of the molecule is CC[C@@H](C(=O)NC1CCCC1)N(Cc1cccc(C)c1)C(=O)CN(c1ccc(OC)cc1OC)S(C)(=O)=O. The van der Waals surface area contributed by atoms with Crippen LogP contribution in [0.3, 0.4) is 0 Å². The topological polar surface area (TPSA) is 105 Å². The van der Waals surface area contributed by atoms with Gasteiger partial charge in [0.25, 0.3) is 0 Å². The van der Waals surface area contributed by atoms with Crippen LogP contribution < -0.4 is 19.1 Å². The highest BCUT2D eigenvalue weighted by Gasteiger charge is 2.33. The molecular formula is C28H39N3O6S. The lowest BCUT2D eigenvalue weighted by Gasteiger charge is -2.33. The predicted octanol–water partition coefficient (Wildman–Crippen LogP) is 3.64. The lowest BCUT2D eigenvalue weighted by atomic mass is 10.1. The van der Waals surface area contributed by atoms with E-state index >= 15 is 0 Å². The zero-order chi connectivity index (χ0) is 27.9. The molecule has 0 aliphatic heterocycles. The molecule has 1 aliphatic rings. The molecule has 1 atom stereocenters. The number of aryl methyl sites for hydroxylation is 1. The van der Waals surface area contributed by atoms with Gasteiger partial charge in [-0.2, -0.15) is 0 Å². The van der Waals surface area contributed by atoms with Crippen molar-refractivity contribution in [1.82, 2.24) is 10.2 Å². The van der Waals surface area contributed by atoms with E-state index in [1.807, 2.05) is 38.1 Å². The normalized spacial score (nSPS) is 14.6. The predicted molar refractivity (Wildman–Crippen MR) is 148 cm³/mol. The second-order valence-corrected chi connectivity index (χ2v) is 11.6. The van der Waals surface area contributed by atoms with Gasteiger partial charge < -0.3 is 19.7 Å². The summed E-state index contributed by atoms with van der Waals surface area (Å²) in [6.45, 7) is 3.51. The lowest BCUT2D eigenvalue weighted by molar-refractivity contribution is -0.140. The van der Waals surface area contributed by atoms with Crippen molar-refractivity contribution >= 4 is 27.5 Å². The van der Waals surface area contributed by atoms with Crippen LogP contribution in [0.4, 0.5) is 5.69 Å². The molecule has 2 aromatic carbocycles. The monoisotopic (exact) mass is 545 g/mol. The maximum Gasteiger partial charge on any atom is 0.244 e. The Morgan fingerprint density at radius 2 is 1.79 bits per heavy atom. The van der Waals surface area contributed by atoms with E-state index in [0.29, 0.717) is 12.2 Å². The summed E-state index contributed by atoms with van der Waals surface area (Å²) in [5, 5.41) is 3.11. The van der Waals surface area contributed by atoms with Gasteiger partial charge in [0.2, 0.25) is 21.8 Å². The molecule has 208 valence electrons. The van der Waals surface area contributed by atoms with E-state index in [-0.39, 0.29) is 29.9 Å². The number of hydrogen-bond acceptors (Lipinski definition) is 6. The van der Waals surface area contributed by atoms with Crippen LogP contribution in [-0.4, -0.2) is 64.2 Å². The summed E-state index contributed by atoms with van der Waals surface area (Å²) in [5.41, 5.74) is 2.10. The van der Waals surface area contributed by atoms with Crippen molar-refractivity contribution in [3.05, 3.63) is 53.6 Å². The smallest absolute Gasteiger partial charge is 0.244 e. The third kappa shape index (κ3) is 7.40. The third-order valence-corrected chi connectivity index (χ3v) is 7.98. The zero-order valence-corrected chi connectivity index (χ0v) is 23.7. The van der Waals surface area contributed by atoms with Crippen molar-refractivity contribution in [3.63, 3.8) is 0 Å². The highest BCUT2D eigenvalue weighted by atomic mass is 32.2. The Balaban J connectivity index is 1.97. The molecule has 0 radical (unpaired) electrons. The number of carbonyl (C=O) groups is 2. The van der Waals surface area contributed by atoms with Crippen LogP contribution >= 0.6 is 0 Å². The number of methoxy groups -OCH3 is 2. The quantitative estimate of drug-likeness (QED) is 0.437. The molecule has 2 aromatic rings. The van der Waals surface area contributed by atoms with E-state index in [2.05, 4.69) is 5.32 Å². The Morgan fingerprint density at radius 1 is 1.08 bits per heavy atom. The van der Waals surface area contributed by atoms with Gasteiger partial charge in [-0.05, 0) is 43.9 Å². The summed E-state index contributed by atoms with van der Waals surface area (Å²) in [7, 11) is -0.966. The molecule has 3 rings (SSSR count). The van der Waals surface area contributed by atoms with Crippen LogP contribution in [0.5, 0.6) is 11.5 Å². The Morgan fingerprint density at radius 3 is 2.37 bits per heavy atom. The first-order valence-electron chi connectivity index (χ1n) is 12.9. The number of nitrogens with one attached hydrogen (secondary N) is 1. The number of anilines is 1. The van der Waals surface area contributed by atoms with Gasteiger partial charge in [-0.15, -0.1) is 0 Å². The molecule has 1 aliphatic carbocycles. The summed E-state index contributed by atoms with van der Waals surface area (Å²) in [4.78, 5) is 28.8. The minimum atomic E-state index is -3.89. The number of amides is 2. The van der Waals surface area contributed by atoms with Crippen LogP contribution in [-0.2, 0) is 26.2 Å². The molecule has 0 saturated heterocycles. The van der Waals surface area contributed by atoms with Crippen LogP contribution in [0, 0.1) is 6.92 Å². The zero-order valence-electron chi connectivity index (χ0n) is 22.9. The number of sulfonamides is 1. The van der Waals surface area contributed by atoms with E-state index in [1.54, 1.807) is 18.2 Å². The highest BCUT2D eigenvalue weighted by molar-refractivity contribution is 7.92. The second-order valence-electron chi connectivity index (χ2n) is 9.73. The molecule has 0 aromatic heterocycles. The van der Waals surface area contributed by atoms with Crippen molar-refractivity contribution in [2.45, 2.75) is 64.6 Å². The van der Waals surface area contributed by atoms with Gasteiger partial charge in [-0.1, -0.05) is 49.6 Å². The molecule has 1 fully saturated rings. The fraction of sp³-hybridized carbons (Fsp3) is 0.500.